The summed E-state index contributed by atoms with van der Waals surface area (Å²) in [4.78, 5) is 2.42. The van der Waals surface area contributed by atoms with Crippen molar-refractivity contribution in [1.82, 2.24) is 10.2 Å². The molecule has 1 rings (SSSR count). The molecule has 0 unspecified atom stereocenters. The van der Waals surface area contributed by atoms with Gasteiger partial charge in [-0.1, -0.05) is 19.8 Å². The van der Waals surface area contributed by atoms with Crippen molar-refractivity contribution in [2.24, 2.45) is 0 Å². The molecule has 0 saturated heterocycles. The first kappa shape index (κ1) is 14.7. The SMILES string of the molecule is CCNCCCCCCN(C)Cc1ccsc1. The molecule has 0 aliphatic heterocycles. The number of nitrogens with zero attached hydrogens (tertiary/aromatic N) is 1. The van der Waals surface area contributed by atoms with Crippen molar-refractivity contribution in [1.29, 1.82) is 0 Å². The maximum Gasteiger partial charge on any atom is 0.0238 e. The first-order valence-electron chi connectivity index (χ1n) is 6.73. The zero-order chi connectivity index (χ0) is 12.3. The van der Waals surface area contributed by atoms with Crippen LogP contribution in [-0.2, 0) is 6.54 Å². The Morgan fingerprint density at radius 1 is 1.24 bits per heavy atom. The highest BCUT2D eigenvalue weighted by atomic mass is 32.1. The Morgan fingerprint density at radius 3 is 2.76 bits per heavy atom. The van der Waals surface area contributed by atoms with Crippen molar-refractivity contribution in [3.8, 4) is 0 Å². The Bertz CT molecular complexity index is 259. The van der Waals surface area contributed by atoms with Crippen LogP contribution in [0.5, 0.6) is 0 Å². The topological polar surface area (TPSA) is 15.3 Å². The second kappa shape index (κ2) is 9.63. The van der Waals surface area contributed by atoms with E-state index in [1.807, 2.05) is 0 Å². The van der Waals surface area contributed by atoms with Crippen molar-refractivity contribution >= 4 is 11.3 Å². The monoisotopic (exact) mass is 254 g/mol. The molecule has 0 saturated carbocycles. The van der Waals surface area contributed by atoms with E-state index < -0.39 is 0 Å². The lowest BCUT2D eigenvalue weighted by atomic mass is 10.2. The Labute approximate surface area is 110 Å². The Hall–Kier alpha value is -0.380. The van der Waals surface area contributed by atoms with Crippen molar-refractivity contribution in [3.63, 3.8) is 0 Å². The minimum atomic E-state index is 1.10. The van der Waals surface area contributed by atoms with E-state index in [1.54, 1.807) is 11.3 Å². The van der Waals surface area contributed by atoms with Crippen LogP contribution in [0, 0.1) is 0 Å². The molecule has 98 valence electrons. The van der Waals surface area contributed by atoms with Gasteiger partial charge in [0.2, 0.25) is 0 Å². The molecule has 1 aromatic rings. The summed E-state index contributed by atoms with van der Waals surface area (Å²) in [5.74, 6) is 0. The van der Waals surface area contributed by atoms with Gasteiger partial charge in [-0.05, 0) is 61.9 Å². The molecule has 1 aromatic heterocycles. The standard InChI is InChI=1S/C14H26N2S/c1-3-15-9-6-4-5-7-10-16(2)12-14-8-11-17-13-14/h8,11,13,15H,3-7,9-10,12H2,1-2H3. The van der Waals surface area contributed by atoms with Crippen LogP contribution in [0.1, 0.15) is 38.2 Å². The van der Waals surface area contributed by atoms with Gasteiger partial charge in [0, 0.05) is 6.54 Å². The van der Waals surface area contributed by atoms with Crippen LogP contribution in [0.2, 0.25) is 0 Å². The average molecular weight is 254 g/mol. The van der Waals surface area contributed by atoms with Crippen molar-refractivity contribution in [3.05, 3.63) is 22.4 Å². The highest BCUT2D eigenvalue weighted by Gasteiger charge is 2.00. The summed E-state index contributed by atoms with van der Waals surface area (Å²) >= 11 is 1.79. The fraction of sp³-hybridized carbons (Fsp3) is 0.714. The number of rotatable bonds is 10. The largest absolute Gasteiger partial charge is 0.317 e. The summed E-state index contributed by atoms with van der Waals surface area (Å²) < 4.78 is 0. The highest BCUT2D eigenvalue weighted by Crippen LogP contribution is 2.09. The molecular weight excluding hydrogens is 228 g/mol. The number of thiophene rings is 1. The van der Waals surface area contributed by atoms with Crippen molar-refractivity contribution < 1.29 is 0 Å². The summed E-state index contributed by atoms with van der Waals surface area (Å²) in [7, 11) is 2.22. The Morgan fingerprint density at radius 2 is 2.06 bits per heavy atom. The molecule has 0 aliphatic rings. The molecule has 3 heteroatoms. The van der Waals surface area contributed by atoms with Gasteiger partial charge in [0.1, 0.15) is 0 Å². The van der Waals surface area contributed by atoms with Crippen LogP contribution in [0.3, 0.4) is 0 Å². The third-order valence-corrected chi connectivity index (χ3v) is 3.66. The molecular formula is C14H26N2S. The summed E-state index contributed by atoms with van der Waals surface area (Å²) in [6, 6.07) is 2.22. The third-order valence-electron chi connectivity index (χ3n) is 2.93. The van der Waals surface area contributed by atoms with E-state index in [0.29, 0.717) is 0 Å². The molecule has 0 amide bonds. The minimum Gasteiger partial charge on any atom is -0.317 e. The van der Waals surface area contributed by atoms with Crippen LogP contribution >= 0.6 is 11.3 Å². The molecule has 0 radical (unpaired) electrons. The van der Waals surface area contributed by atoms with Crippen molar-refractivity contribution in [2.75, 3.05) is 26.7 Å². The molecule has 0 aliphatic carbocycles. The van der Waals surface area contributed by atoms with Gasteiger partial charge in [-0.3, -0.25) is 0 Å². The fourth-order valence-electron chi connectivity index (χ4n) is 1.94. The van der Waals surface area contributed by atoms with Crippen LogP contribution in [0.25, 0.3) is 0 Å². The molecule has 0 spiro atoms. The van der Waals surface area contributed by atoms with E-state index in [9.17, 15) is 0 Å². The zero-order valence-corrected chi connectivity index (χ0v) is 12.1. The second-order valence-corrected chi connectivity index (χ2v) is 5.42. The van der Waals surface area contributed by atoms with E-state index in [1.165, 1.54) is 44.3 Å². The average Bonchev–Trinajstić information content (AvgIpc) is 2.80. The zero-order valence-electron chi connectivity index (χ0n) is 11.2. The summed E-state index contributed by atoms with van der Waals surface area (Å²) in [6.45, 7) is 6.77. The predicted octanol–water partition coefficient (Wildman–Crippen LogP) is 3.35. The second-order valence-electron chi connectivity index (χ2n) is 4.64. The van der Waals surface area contributed by atoms with Gasteiger partial charge in [-0.15, -0.1) is 0 Å². The molecule has 1 N–H and O–H groups in total. The van der Waals surface area contributed by atoms with E-state index >= 15 is 0 Å². The van der Waals surface area contributed by atoms with E-state index in [-0.39, 0.29) is 0 Å². The van der Waals surface area contributed by atoms with E-state index in [2.05, 4.69) is 41.0 Å². The Balaban J connectivity index is 1.92. The maximum absolute atomic E-state index is 3.37. The number of nitrogens with one attached hydrogen (secondary N) is 1. The van der Waals surface area contributed by atoms with E-state index in [0.717, 1.165) is 13.1 Å². The van der Waals surface area contributed by atoms with Gasteiger partial charge < -0.3 is 10.2 Å². The smallest absolute Gasteiger partial charge is 0.0238 e. The summed E-state index contributed by atoms with van der Waals surface area (Å²) in [5, 5.41) is 7.77. The van der Waals surface area contributed by atoms with Crippen LogP contribution in [-0.4, -0.2) is 31.6 Å². The Kier molecular flexibility index (Phi) is 8.32. The van der Waals surface area contributed by atoms with Crippen LogP contribution in [0.15, 0.2) is 16.8 Å². The molecule has 0 fully saturated rings. The predicted molar refractivity (Wildman–Crippen MR) is 77.7 cm³/mol. The molecule has 1 heterocycles. The highest BCUT2D eigenvalue weighted by molar-refractivity contribution is 7.07. The van der Waals surface area contributed by atoms with Crippen LogP contribution < -0.4 is 5.32 Å². The third kappa shape index (κ3) is 7.53. The molecule has 17 heavy (non-hydrogen) atoms. The first-order chi connectivity index (χ1) is 8.33. The lowest BCUT2D eigenvalue weighted by molar-refractivity contribution is 0.317. The lowest BCUT2D eigenvalue weighted by Crippen LogP contribution is -2.18. The quantitative estimate of drug-likeness (QED) is 0.644. The van der Waals surface area contributed by atoms with Gasteiger partial charge in [0.05, 0.1) is 0 Å². The molecule has 2 nitrogen and oxygen atoms in total. The lowest BCUT2D eigenvalue weighted by Gasteiger charge is -2.15. The summed E-state index contributed by atoms with van der Waals surface area (Å²) in [5.41, 5.74) is 1.45. The first-order valence-corrected chi connectivity index (χ1v) is 7.67. The summed E-state index contributed by atoms with van der Waals surface area (Å²) in [6.07, 6.45) is 5.37. The molecule has 0 atom stereocenters. The van der Waals surface area contributed by atoms with Gasteiger partial charge in [-0.2, -0.15) is 11.3 Å². The normalized spacial score (nSPS) is 11.2. The van der Waals surface area contributed by atoms with Crippen molar-refractivity contribution in [2.45, 2.75) is 39.2 Å². The van der Waals surface area contributed by atoms with Gasteiger partial charge >= 0.3 is 0 Å². The van der Waals surface area contributed by atoms with E-state index in [4.69, 9.17) is 0 Å². The van der Waals surface area contributed by atoms with Gasteiger partial charge in [0.15, 0.2) is 0 Å². The fourth-order valence-corrected chi connectivity index (χ4v) is 2.60. The number of hydrogen-bond donors (Lipinski definition) is 1. The molecule has 0 aromatic carbocycles. The van der Waals surface area contributed by atoms with Gasteiger partial charge in [-0.25, -0.2) is 0 Å². The number of hydrogen-bond acceptors (Lipinski definition) is 3. The number of unbranched alkanes of at least 4 members (excludes halogenated alkanes) is 3. The maximum atomic E-state index is 3.37. The van der Waals surface area contributed by atoms with Gasteiger partial charge in [0.25, 0.3) is 0 Å². The molecule has 0 bridgehead atoms. The van der Waals surface area contributed by atoms with Crippen LogP contribution in [0.4, 0.5) is 0 Å². The minimum absolute atomic E-state index is 1.10.